The van der Waals surface area contributed by atoms with Crippen LogP contribution in [0.25, 0.3) is 11.3 Å². The van der Waals surface area contributed by atoms with Crippen molar-refractivity contribution in [3.63, 3.8) is 0 Å². The fourth-order valence-electron chi connectivity index (χ4n) is 2.44. The van der Waals surface area contributed by atoms with Gasteiger partial charge in [0.2, 0.25) is 0 Å². The molecule has 0 aliphatic heterocycles. The number of aromatic nitrogens is 2. The molecule has 1 unspecified atom stereocenters. The van der Waals surface area contributed by atoms with Crippen LogP contribution in [0.15, 0.2) is 30.3 Å². The summed E-state index contributed by atoms with van der Waals surface area (Å²) >= 11 is 0. The fraction of sp³-hybridized carbons (Fsp3) is 0.400. The second kappa shape index (κ2) is 4.61. The van der Waals surface area contributed by atoms with E-state index in [9.17, 15) is 0 Å². The lowest BCUT2D eigenvalue weighted by Gasteiger charge is -2.12. The molecule has 2 N–H and O–H groups in total. The molecule has 1 aliphatic carbocycles. The number of benzene rings is 1. The first-order chi connectivity index (χ1) is 9.19. The molecule has 1 atom stereocenters. The minimum absolute atomic E-state index is 0.388. The largest absolute Gasteiger partial charge is 0.497 e. The van der Waals surface area contributed by atoms with Gasteiger partial charge >= 0.3 is 0 Å². The molecule has 1 aromatic carbocycles. The first-order valence-electron chi connectivity index (χ1n) is 6.68. The summed E-state index contributed by atoms with van der Waals surface area (Å²) in [5.41, 5.74) is 8.03. The average molecular weight is 257 g/mol. The van der Waals surface area contributed by atoms with Gasteiger partial charge in [0.25, 0.3) is 0 Å². The lowest BCUT2D eigenvalue weighted by molar-refractivity contribution is 0.415. The van der Waals surface area contributed by atoms with Crippen LogP contribution in [0.1, 0.15) is 25.8 Å². The third-order valence-corrected chi connectivity index (χ3v) is 3.82. The van der Waals surface area contributed by atoms with Crippen LogP contribution >= 0.6 is 0 Å². The second-order valence-corrected chi connectivity index (χ2v) is 5.21. The lowest BCUT2D eigenvalue weighted by Crippen LogP contribution is -2.11. The van der Waals surface area contributed by atoms with E-state index in [-0.39, 0.29) is 0 Å². The SMILES string of the molecule is COc1cccc(-c2cc(N)n(C(C)C3CC3)n2)c1. The van der Waals surface area contributed by atoms with Gasteiger partial charge < -0.3 is 10.5 Å². The van der Waals surface area contributed by atoms with E-state index < -0.39 is 0 Å². The van der Waals surface area contributed by atoms with Crippen LogP contribution in [0, 0.1) is 5.92 Å². The van der Waals surface area contributed by atoms with E-state index >= 15 is 0 Å². The highest BCUT2D eigenvalue weighted by atomic mass is 16.5. The van der Waals surface area contributed by atoms with Gasteiger partial charge in [-0.15, -0.1) is 0 Å². The van der Waals surface area contributed by atoms with E-state index in [1.807, 2.05) is 35.0 Å². The molecule has 2 aromatic rings. The monoisotopic (exact) mass is 257 g/mol. The number of ether oxygens (including phenoxy) is 1. The maximum atomic E-state index is 6.08. The molecule has 0 radical (unpaired) electrons. The predicted octanol–water partition coefficient (Wildman–Crippen LogP) is 3.11. The number of hydrogen-bond acceptors (Lipinski definition) is 3. The standard InChI is InChI=1S/C15H19N3O/c1-10(11-6-7-11)18-15(16)9-14(17-18)12-4-3-5-13(8-12)19-2/h3-5,8-11H,6-7,16H2,1-2H3. The average Bonchev–Trinajstić information content (AvgIpc) is 3.21. The summed E-state index contributed by atoms with van der Waals surface area (Å²) < 4.78 is 7.19. The minimum atomic E-state index is 0.388. The van der Waals surface area contributed by atoms with Crippen molar-refractivity contribution in [1.82, 2.24) is 9.78 Å². The summed E-state index contributed by atoms with van der Waals surface area (Å²) in [5, 5.41) is 4.65. The van der Waals surface area contributed by atoms with Crippen molar-refractivity contribution in [2.75, 3.05) is 12.8 Å². The van der Waals surface area contributed by atoms with Crippen LogP contribution < -0.4 is 10.5 Å². The van der Waals surface area contributed by atoms with E-state index in [4.69, 9.17) is 10.5 Å². The second-order valence-electron chi connectivity index (χ2n) is 5.21. The topological polar surface area (TPSA) is 53.1 Å². The number of methoxy groups -OCH3 is 1. The number of nitrogen functional groups attached to an aromatic ring is 1. The summed E-state index contributed by atoms with van der Waals surface area (Å²) in [4.78, 5) is 0. The Hall–Kier alpha value is -1.97. The van der Waals surface area contributed by atoms with Crippen molar-refractivity contribution < 1.29 is 4.74 Å². The lowest BCUT2D eigenvalue weighted by atomic mass is 10.1. The quantitative estimate of drug-likeness (QED) is 0.915. The van der Waals surface area contributed by atoms with Gasteiger partial charge in [-0.05, 0) is 37.8 Å². The zero-order valence-electron chi connectivity index (χ0n) is 11.3. The van der Waals surface area contributed by atoms with E-state index in [1.165, 1.54) is 12.8 Å². The van der Waals surface area contributed by atoms with Crippen molar-refractivity contribution in [2.24, 2.45) is 5.92 Å². The Bertz CT molecular complexity index is 587. The highest BCUT2D eigenvalue weighted by Gasteiger charge is 2.30. The Balaban J connectivity index is 1.94. The van der Waals surface area contributed by atoms with Crippen LogP contribution in [0.3, 0.4) is 0 Å². The van der Waals surface area contributed by atoms with Crippen LogP contribution in [-0.4, -0.2) is 16.9 Å². The highest BCUT2D eigenvalue weighted by Crippen LogP contribution is 2.40. The van der Waals surface area contributed by atoms with Crippen LogP contribution in [0.4, 0.5) is 5.82 Å². The molecule has 19 heavy (non-hydrogen) atoms. The molecular formula is C15H19N3O. The minimum Gasteiger partial charge on any atom is -0.497 e. The van der Waals surface area contributed by atoms with E-state index in [0.717, 1.165) is 28.7 Å². The molecule has 0 amide bonds. The van der Waals surface area contributed by atoms with Crippen LogP contribution in [-0.2, 0) is 0 Å². The smallest absolute Gasteiger partial charge is 0.122 e. The number of anilines is 1. The zero-order chi connectivity index (χ0) is 13.4. The van der Waals surface area contributed by atoms with Gasteiger partial charge in [0.15, 0.2) is 0 Å². The van der Waals surface area contributed by atoms with Gasteiger partial charge in [0, 0.05) is 11.6 Å². The molecule has 1 heterocycles. The molecular weight excluding hydrogens is 238 g/mol. The highest BCUT2D eigenvalue weighted by molar-refractivity contribution is 5.64. The number of hydrogen-bond donors (Lipinski definition) is 1. The molecule has 4 heteroatoms. The van der Waals surface area contributed by atoms with Crippen LogP contribution in [0.2, 0.25) is 0 Å². The zero-order valence-corrected chi connectivity index (χ0v) is 11.3. The van der Waals surface area contributed by atoms with Gasteiger partial charge in [0.1, 0.15) is 11.6 Å². The third kappa shape index (κ3) is 2.30. The van der Waals surface area contributed by atoms with Gasteiger partial charge in [0.05, 0.1) is 18.8 Å². The Labute approximate surface area is 113 Å². The van der Waals surface area contributed by atoms with Crippen molar-refractivity contribution in [3.8, 4) is 17.0 Å². The van der Waals surface area contributed by atoms with Gasteiger partial charge in [-0.25, -0.2) is 4.68 Å². The molecule has 0 saturated heterocycles. The molecule has 0 spiro atoms. The number of nitrogens with zero attached hydrogens (tertiary/aromatic N) is 2. The Morgan fingerprint density at radius 2 is 2.16 bits per heavy atom. The van der Waals surface area contributed by atoms with Gasteiger partial charge in [-0.2, -0.15) is 5.10 Å². The van der Waals surface area contributed by atoms with Crippen molar-refractivity contribution in [1.29, 1.82) is 0 Å². The Morgan fingerprint density at radius 1 is 1.37 bits per heavy atom. The summed E-state index contributed by atoms with van der Waals surface area (Å²) in [7, 11) is 1.67. The van der Waals surface area contributed by atoms with Crippen molar-refractivity contribution in [2.45, 2.75) is 25.8 Å². The van der Waals surface area contributed by atoms with Crippen molar-refractivity contribution >= 4 is 5.82 Å². The predicted molar refractivity (Wildman–Crippen MR) is 76.1 cm³/mol. The third-order valence-electron chi connectivity index (χ3n) is 3.82. The molecule has 1 aromatic heterocycles. The molecule has 1 aliphatic rings. The van der Waals surface area contributed by atoms with E-state index in [0.29, 0.717) is 6.04 Å². The maximum Gasteiger partial charge on any atom is 0.122 e. The first kappa shape index (κ1) is 12.1. The summed E-state index contributed by atoms with van der Waals surface area (Å²) in [6.07, 6.45) is 2.57. The maximum absolute atomic E-state index is 6.08. The number of rotatable bonds is 4. The van der Waals surface area contributed by atoms with Gasteiger partial charge in [-0.3, -0.25) is 0 Å². The van der Waals surface area contributed by atoms with Gasteiger partial charge in [-0.1, -0.05) is 12.1 Å². The molecule has 1 fully saturated rings. The summed E-state index contributed by atoms with van der Waals surface area (Å²) in [5.74, 6) is 2.30. The molecule has 100 valence electrons. The molecule has 3 rings (SSSR count). The fourth-order valence-corrected chi connectivity index (χ4v) is 2.44. The molecule has 0 bridgehead atoms. The number of nitrogens with two attached hydrogens (primary N) is 1. The molecule has 4 nitrogen and oxygen atoms in total. The van der Waals surface area contributed by atoms with Crippen LogP contribution in [0.5, 0.6) is 5.75 Å². The first-order valence-corrected chi connectivity index (χ1v) is 6.68. The van der Waals surface area contributed by atoms with E-state index in [1.54, 1.807) is 7.11 Å². The Kier molecular flexibility index (Phi) is 2.93. The summed E-state index contributed by atoms with van der Waals surface area (Å²) in [6.45, 7) is 2.19. The van der Waals surface area contributed by atoms with E-state index in [2.05, 4.69) is 12.0 Å². The molecule has 1 saturated carbocycles. The Morgan fingerprint density at radius 3 is 2.84 bits per heavy atom. The normalized spacial score (nSPS) is 16.3. The summed E-state index contributed by atoms with van der Waals surface area (Å²) in [6, 6.07) is 10.2. The van der Waals surface area contributed by atoms with Crippen molar-refractivity contribution in [3.05, 3.63) is 30.3 Å².